The van der Waals surface area contributed by atoms with E-state index in [-0.39, 0.29) is 5.91 Å². The number of para-hydroxylation sites is 1. The van der Waals surface area contributed by atoms with Crippen LogP contribution >= 0.6 is 0 Å². The van der Waals surface area contributed by atoms with Crippen molar-refractivity contribution in [1.29, 1.82) is 0 Å². The number of phenols is 1. The van der Waals surface area contributed by atoms with E-state index in [4.69, 9.17) is 0 Å². The van der Waals surface area contributed by atoms with Crippen LogP contribution in [0.15, 0.2) is 30.3 Å². The van der Waals surface area contributed by atoms with E-state index < -0.39 is 0 Å². The van der Waals surface area contributed by atoms with Gasteiger partial charge in [-0.15, -0.1) is 0 Å². The van der Waals surface area contributed by atoms with Crippen LogP contribution in [0.5, 0.6) is 5.75 Å². The van der Waals surface area contributed by atoms with Gasteiger partial charge in [-0.1, -0.05) is 38.1 Å². The monoisotopic (exact) mass is 409 g/mol. The number of anilines is 1. The first-order valence-corrected chi connectivity index (χ1v) is 10.9. The van der Waals surface area contributed by atoms with Gasteiger partial charge in [0.05, 0.1) is 6.54 Å². The predicted octanol–water partition coefficient (Wildman–Crippen LogP) is 4.20. The molecule has 0 spiro atoms. The van der Waals surface area contributed by atoms with Crippen LogP contribution in [0.1, 0.15) is 47.6 Å². The van der Waals surface area contributed by atoms with E-state index in [0.717, 1.165) is 60.7 Å². The number of nitrogens with zero attached hydrogens (tertiary/aromatic N) is 2. The first-order valence-electron chi connectivity index (χ1n) is 10.9. The summed E-state index contributed by atoms with van der Waals surface area (Å²) in [7, 11) is 0. The summed E-state index contributed by atoms with van der Waals surface area (Å²) >= 11 is 0. The Morgan fingerprint density at radius 2 is 1.60 bits per heavy atom. The minimum atomic E-state index is 0.0404. The fourth-order valence-electron chi connectivity index (χ4n) is 4.25. The summed E-state index contributed by atoms with van der Waals surface area (Å²) in [5.41, 5.74) is 6.54. The van der Waals surface area contributed by atoms with E-state index in [1.165, 1.54) is 5.56 Å². The quantitative estimate of drug-likeness (QED) is 0.751. The Labute approximate surface area is 180 Å². The summed E-state index contributed by atoms with van der Waals surface area (Å²) in [6.07, 6.45) is 0. The smallest absolute Gasteiger partial charge is 0.238 e. The Hall–Kier alpha value is -2.37. The summed E-state index contributed by atoms with van der Waals surface area (Å²) in [5.74, 6) is 0.863. The zero-order chi connectivity index (χ0) is 21.8. The molecule has 1 fully saturated rings. The van der Waals surface area contributed by atoms with Crippen molar-refractivity contribution in [3.8, 4) is 5.75 Å². The topological polar surface area (TPSA) is 55.8 Å². The van der Waals surface area contributed by atoms with E-state index in [1.807, 2.05) is 38.1 Å². The molecule has 30 heavy (non-hydrogen) atoms. The molecule has 0 saturated carbocycles. The number of nitrogens with one attached hydrogen (secondary N) is 1. The van der Waals surface area contributed by atoms with E-state index in [0.29, 0.717) is 18.2 Å². The van der Waals surface area contributed by atoms with Crippen LogP contribution < -0.4 is 5.32 Å². The van der Waals surface area contributed by atoms with Crippen molar-refractivity contribution in [3.63, 3.8) is 0 Å². The molecule has 0 radical (unpaired) electrons. The van der Waals surface area contributed by atoms with Gasteiger partial charge in [0.2, 0.25) is 5.91 Å². The number of aryl methyl sites for hydroxylation is 3. The number of carbonyl (C=O) groups excluding carboxylic acids is 1. The number of amides is 1. The van der Waals surface area contributed by atoms with Gasteiger partial charge in [0.1, 0.15) is 5.75 Å². The zero-order valence-corrected chi connectivity index (χ0v) is 19.0. The van der Waals surface area contributed by atoms with Gasteiger partial charge in [0, 0.05) is 44.0 Å². The highest BCUT2D eigenvalue weighted by Crippen LogP contribution is 2.28. The van der Waals surface area contributed by atoms with Gasteiger partial charge in [0.25, 0.3) is 0 Å². The average Bonchev–Trinajstić information content (AvgIpc) is 2.68. The lowest BCUT2D eigenvalue weighted by Crippen LogP contribution is -2.48. The summed E-state index contributed by atoms with van der Waals surface area (Å²) in [6, 6.07) is 10.1. The fraction of sp³-hybridized carbons (Fsp3) is 0.480. The Morgan fingerprint density at radius 1 is 1.00 bits per heavy atom. The minimum absolute atomic E-state index is 0.0404. The maximum Gasteiger partial charge on any atom is 0.238 e. The molecular formula is C25H35N3O2. The summed E-state index contributed by atoms with van der Waals surface area (Å²) in [6.45, 7) is 15.1. The first-order chi connectivity index (χ1) is 14.2. The van der Waals surface area contributed by atoms with Crippen molar-refractivity contribution >= 4 is 11.6 Å². The number of hydrogen-bond donors (Lipinski definition) is 2. The largest absolute Gasteiger partial charge is 0.508 e. The van der Waals surface area contributed by atoms with Crippen LogP contribution in [0.4, 0.5) is 5.69 Å². The molecule has 0 bridgehead atoms. The molecule has 5 nitrogen and oxygen atoms in total. The molecule has 2 aromatic rings. The number of aromatic hydroxyl groups is 1. The van der Waals surface area contributed by atoms with Gasteiger partial charge >= 0.3 is 0 Å². The van der Waals surface area contributed by atoms with Crippen LogP contribution in [0.3, 0.4) is 0 Å². The normalized spacial score (nSPS) is 15.5. The third-order valence-electron chi connectivity index (χ3n) is 6.06. The first kappa shape index (κ1) is 22.3. The molecular weight excluding hydrogens is 374 g/mol. The fourth-order valence-corrected chi connectivity index (χ4v) is 4.25. The molecule has 0 unspecified atom stereocenters. The zero-order valence-electron chi connectivity index (χ0n) is 19.0. The number of piperazine rings is 1. The number of rotatable bonds is 6. The molecule has 1 heterocycles. The lowest BCUT2D eigenvalue weighted by molar-refractivity contribution is -0.117. The van der Waals surface area contributed by atoms with E-state index in [1.54, 1.807) is 0 Å². The van der Waals surface area contributed by atoms with Crippen LogP contribution in [-0.2, 0) is 11.3 Å². The highest BCUT2D eigenvalue weighted by molar-refractivity contribution is 5.93. The maximum absolute atomic E-state index is 12.5. The molecule has 2 N–H and O–H groups in total. The van der Waals surface area contributed by atoms with Crippen LogP contribution in [0.2, 0.25) is 0 Å². The van der Waals surface area contributed by atoms with E-state index in [9.17, 15) is 9.90 Å². The van der Waals surface area contributed by atoms with Crippen molar-refractivity contribution in [2.24, 2.45) is 0 Å². The molecule has 1 aliphatic heterocycles. The van der Waals surface area contributed by atoms with Gasteiger partial charge in [-0.05, 0) is 55.0 Å². The van der Waals surface area contributed by atoms with Gasteiger partial charge in [0.15, 0.2) is 0 Å². The lowest BCUT2D eigenvalue weighted by Gasteiger charge is -2.34. The molecule has 3 rings (SSSR count). The molecule has 162 valence electrons. The molecule has 0 aliphatic carbocycles. The van der Waals surface area contributed by atoms with Gasteiger partial charge in [-0.25, -0.2) is 0 Å². The van der Waals surface area contributed by atoms with Gasteiger partial charge in [-0.3, -0.25) is 14.6 Å². The average molecular weight is 410 g/mol. The predicted molar refractivity (Wildman–Crippen MR) is 123 cm³/mol. The van der Waals surface area contributed by atoms with Crippen LogP contribution in [0.25, 0.3) is 0 Å². The summed E-state index contributed by atoms with van der Waals surface area (Å²) in [4.78, 5) is 17.1. The molecule has 5 heteroatoms. The van der Waals surface area contributed by atoms with Crippen LogP contribution in [0, 0.1) is 20.8 Å². The van der Waals surface area contributed by atoms with Crippen molar-refractivity contribution < 1.29 is 9.90 Å². The second-order valence-electron chi connectivity index (χ2n) is 8.86. The number of carbonyl (C=O) groups is 1. The molecule has 0 aromatic heterocycles. The molecule has 0 atom stereocenters. The highest BCUT2D eigenvalue weighted by Gasteiger charge is 2.21. The molecule has 2 aromatic carbocycles. The molecule has 1 saturated heterocycles. The summed E-state index contributed by atoms with van der Waals surface area (Å²) < 4.78 is 0. The van der Waals surface area contributed by atoms with Crippen molar-refractivity contribution in [2.75, 3.05) is 38.0 Å². The number of benzene rings is 2. The highest BCUT2D eigenvalue weighted by atomic mass is 16.3. The lowest BCUT2D eigenvalue weighted by atomic mass is 9.95. The number of phenolic OH excluding ortho intramolecular Hbond substituents is 1. The number of hydrogen-bond acceptors (Lipinski definition) is 4. The Bertz CT molecular complexity index is 879. The second-order valence-corrected chi connectivity index (χ2v) is 8.86. The second kappa shape index (κ2) is 9.63. The van der Waals surface area contributed by atoms with Gasteiger partial charge < -0.3 is 10.4 Å². The third-order valence-corrected chi connectivity index (χ3v) is 6.06. The van der Waals surface area contributed by atoms with E-state index >= 15 is 0 Å². The SMILES string of the molecule is Cc1cc(O)c(CN2CCN(CC(=O)Nc3c(C)cccc3C)CC2)cc1C(C)C. The molecule has 1 amide bonds. The van der Waals surface area contributed by atoms with Crippen molar-refractivity contribution in [3.05, 3.63) is 58.1 Å². The Morgan fingerprint density at radius 3 is 2.20 bits per heavy atom. The van der Waals surface area contributed by atoms with Crippen LogP contribution in [-0.4, -0.2) is 53.5 Å². The van der Waals surface area contributed by atoms with Gasteiger partial charge in [-0.2, -0.15) is 0 Å². The van der Waals surface area contributed by atoms with Crippen molar-refractivity contribution in [1.82, 2.24) is 9.80 Å². The Balaban J connectivity index is 1.53. The Kier molecular flexibility index (Phi) is 7.16. The summed E-state index contributed by atoms with van der Waals surface area (Å²) in [5, 5.41) is 13.5. The molecule has 1 aliphatic rings. The van der Waals surface area contributed by atoms with E-state index in [2.05, 4.69) is 42.0 Å². The maximum atomic E-state index is 12.5. The minimum Gasteiger partial charge on any atom is -0.508 e. The third kappa shape index (κ3) is 5.41. The van der Waals surface area contributed by atoms with Crippen molar-refractivity contribution in [2.45, 2.75) is 47.1 Å². The standard InChI is InChI=1S/C25H35N3O2/c1-17(2)22-14-21(23(29)13-20(22)5)15-27-9-11-28(12-10-27)16-24(30)26-25-18(3)7-6-8-19(25)4/h6-8,13-14,17,29H,9-12,15-16H2,1-5H3,(H,26,30).